The topological polar surface area (TPSA) is 86.1 Å². The van der Waals surface area contributed by atoms with E-state index in [9.17, 15) is 13.8 Å². The number of nitrogens with zero attached hydrogens (tertiary/aromatic N) is 3. The number of pyridine rings is 1. The number of fused-ring (bicyclic) bond motifs is 4. The number of carbonyl (C=O) groups is 1. The molecule has 3 aromatic rings. The molecule has 45 heavy (non-hydrogen) atoms. The summed E-state index contributed by atoms with van der Waals surface area (Å²) < 4.78 is 48.2. The summed E-state index contributed by atoms with van der Waals surface area (Å²) in [7, 11) is 0. The van der Waals surface area contributed by atoms with Crippen molar-refractivity contribution >= 4 is 35.0 Å². The number of amides is 1. The van der Waals surface area contributed by atoms with Crippen molar-refractivity contribution in [3.05, 3.63) is 53.9 Å². The fourth-order valence-corrected chi connectivity index (χ4v) is 7.50. The van der Waals surface area contributed by atoms with Gasteiger partial charge in [-0.25, -0.2) is 18.1 Å². The van der Waals surface area contributed by atoms with Crippen LogP contribution in [-0.2, 0) is 9.47 Å². The average Bonchev–Trinajstić information content (AvgIpc) is 3.75. The summed E-state index contributed by atoms with van der Waals surface area (Å²) in [6, 6.07) is 10.6. The highest BCUT2D eigenvalue weighted by Gasteiger charge is 2.47. The van der Waals surface area contributed by atoms with Crippen molar-refractivity contribution < 1.29 is 32.4 Å². The smallest absolute Gasteiger partial charge is 0.411 e. The fourth-order valence-electron chi connectivity index (χ4n) is 7.12. The van der Waals surface area contributed by atoms with Gasteiger partial charge in [0.05, 0.1) is 35.9 Å². The molecule has 5 heterocycles. The van der Waals surface area contributed by atoms with Crippen LogP contribution in [0.3, 0.4) is 0 Å². The number of halogens is 2. The highest BCUT2D eigenvalue weighted by atomic mass is 32.2. The first-order valence-electron chi connectivity index (χ1n) is 15.9. The monoisotopic (exact) mass is 641 g/mol. The van der Waals surface area contributed by atoms with Crippen LogP contribution in [-0.4, -0.2) is 67.7 Å². The molecule has 3 unspecified atom stereocenters. The Labute approximate surface area is 267 Å². The van der Waals surface area contributed by atoms with Gasteiger partial charge in [-0.15, -0.1) is 3.89 Å². The molecule has 4 aliphatic rings. The third-order valence-electron chi connectivity index (χ3n) is 9.06. The lowest BCUT2D eigenvalue weighted by atomic mass is 9.94. The van der Waals surface area contributed by atoms with Gasteiger partial charge in [0, 0.05) is 29.7 Å². The van der Waals surface area contributed by atoms with Crippen molar-refractivity contribution in [3.8, 4) is 17.1 Å². The number of carbonyl (C=O) groups excluding carboxylic acids is 1. The number of hydrogen-bond acceptors (Lipinski definition) is 7. The van der Waals surface area contributed by atoms with Crippen LogP contribution in [0.2, 0.25) is 0 Å². The van der Waals surface area contributed by atoms with Gasteiger partial charge in [-0.2, -0.15) is 0 Å². The maximum Gasteiger partial charge on any atom is 0.411 e. The zero-order valence-corrected chi connectivity index (χ0v) is 27.2. The van der Waals surface area contributed by atoms with Crippen molar-refractivity contribution in [1.29, 1.82) is 0 Å². The lowest BCUT2D eigenvalue weighted by molar-refractivity contribution is 0.0150. The SMILES string of the molecule is CC.CC(C)(C)OC(=O)N1C2C=C(c3ccc(-c4nc5cc(O[C@@H]6CCC7[C@H](O)CO[C@@H]76)n(SF)c5cc4F)cc3)CC1CC2. The minimum absolute atomic E-state index is 0.000891. The lowest BCUT2D eigenvalue weighted by Crippen LogP contribution is -2.45. The Morgan fingerprint density at radius 3 is 2.51 bits per heavy atom. The number of benzene rings is 1. The number of aromatic nitrogens is 2. The van der Waals surface area contributed by atoms with Crippen molar-refractivity contribution in [1.82, 2.24) is 13.9 Å². The molecule has 0 radical (unpaired) electrons. The molecule has 6 atom stereocenters. The normalized spacial score (nSPS) is 27.2. The number of ether oxygens (including phenoxy) is 3. The number of aliphatic hydroxyl groups is 1. The van der Waals surface area contributed by atoms with Gasteiger partial charge >= 0.3 is 6.09 Å². The first-order chi connectivity index (χ1) is 21.6. The van der Waals surface area contributed by atoms with E-state index in [4.69, 9.17) is 14.2 Å². The van der Waals surface area contributed by atoms with E-state index in [-0.39, 0.29) is 72.3 Å². The molecule has 2 saturated heterocycles. The Hall–Kier alpha value is -3.15. The molecule has 3 fully saturated rings. The second-order valence-electron chi connectivity index (χ2n) is 13.0. The molecule has 1 aliphatic carbocycles. The zero-order chi connectivity index (χ0) is 32.0. The molecular formula is C34H41F2N3O5S. The van der Waals surface area contributed by atoms with Crippen molar-refractivity contribution in [2.45, 2.75) is 103 Å². The maximum absolute atomic E-state index is 15.4. The molecule has 3 aliphatic heterocycles. The second kappa shape index (κ2) is 12.6. The van der Waals surface area contributed by atoms with Crippen LogP contribution in [0.15, 0.2) is 42.5 Å². The Morgan fingerprint density at radius 1 is 1.09 bits per heavy atom. The summed E-state index contributed by atoms with van der Waals surface area (Å²) in [6.45, 7) is 9.90. The van der Waals surface area contributed by atoms with Crippen molar-refractivity contribution in [2.24, 2.45) is 5.92 Å². The predicted octanol–water partition coefficient (Wildman–Crippen LogP) is 7.72. The van der Waals surface area contributed by atoms with Crippen LogP contribution < -0.4 is 4.74 Å². The molecule has 1 aromatic carbocycles. The first-order valence-corrected chi connectivity index (χ1v) is 16.6. The molecule has 242 valence electrons. The van der Waals surface area contributed by atoms with Crippen LogP contribution in [0.5, 0.6) is 5.88 Å². The molecule has 1 N–H and O–H groups in total. The van der Waals surface area contributed by atoms with Gasteiger partial charge in [0.25, 0.3) is 0 Å². The Kier molecular flexibility index (Phi) is 8.88. The minimum Gasteiger partial charge on any atom is -0.472 e. The third-order valence-corrected chi connectivity index (χ3v) is 9.57. The van der Waals surface area contributed by atoms with E-state index in [1.165, 1.54) is 10.0 Å². The van der Waals surface area contributed by atoms with Crippen LogP contribution in [0.1, 0.15) is 72.3 Å². The minimum atomic E-state index is -0.564. The molecule has 1 saturated carbocycles. The molecule has 8 nitrogen and oxygen atoms in total. The number of aliphatic hydroxyl groups excluding tert-OH is 1. The van der Waals surface area contributed by atoms with Crippen LogP contribution in [0.25, 0.3) is 27.9 Å². The molecular weight excluding hydrogens is 600 g/mol. The Bertz CT molecular complexity index is 1590. The molecule has 0 spiro atoms. The van der Waals surface area contributed by atoms with Gasteiger partial charge < -0.3 is 19.3 Å². The van der Waals surface area contributed by atoms with Gasteiger partial charge in [-0.05, 0) is 64.0 Å². The maximum atomic E-state index is 15.4. The second-order valence-corrected chi connectivity index (χ2v) is 13.5. The van der Waals surface area contributed by atoms with Crippen LogP contribution >= 0.6 is 12.3 Å². The van der Waals surface area contributed by atoms with Gasteiger partial charge in [0.2, 0.25) is 5.88 Å². The fraction of sp³-hybridized carbons (Fsp3) is 0.529. The Balaban J connectivity index is 0.00000175. The van der Waals surface area contributed by atoms with Gasteiger partial charge in [-0.1, -0.05) is 44.2 Å². The summed E-state index contributed by atoms with van der Waals surface area (Å²) >= 11 is -0.0652. The van der Waals surface area contributed by atoms with E-state index >= 15 is 4.39 Å². The standard InChI is InChI=1S/C32H35F2N3O5S.C2H6/c1-32(2,3)42-31(39)36-20-8-9-21(36)13-19(12-20)17-4-6-18(7-5-17)29-23(33)14-25-24(35-29)15-28(37(25)43-34)41-27-11-10-22-26(38)16-40-30(22)27;1-2/h4-7,12,14-15,20-22,26-27,30,38H,8-11,13,16H2,1-3H3;1-2H3/t20?,21?,22?,26-,27-,30+;/m1./s1. The van der Waals surface area contributed by atoms with Crippen LogP contribution in [0.4, 0.5) is 13.1 Å². The first kappa shape index (κ1) is 31.8. The summed E-state index contributed by atoms with van der Waals surface area (Å²) in [4.78, 5) is 19.2. The van der Waals surface area contributed by atoms with E-state index in [1.807, 2.05) is 63.8 Å². The molecule has 7 rings (SSSR count). The highest BCUT2D eigenvalue weighted by molar-refractivity contribution is 7.93. The van der Waals surface area contributed by atoms with Crippen LogP contribution in [0, 0.1) is 11.7 Å². The predicted molar refractivity (Wildman–Crippen MR) is 171 cm³/mol. The quantitative estimate of drug-likeness (QED) is 0.305. The van der Waals surface area contributed by atoms with Crippen molar-refractivity contribution in [2.75, 3.05) is 6.61 Å². The molecule has 1 amide bonds. The Morgan fingerprint density at radius 2 is 1.82 bits per heavy atom. The van der Waals surface area contributed by atoms with Gasteiger partial charge in [0.1, 0.15) is 17.4 Å². The summed E-state index contributed by atoms with van der Waals surface area (Å²) in [6.07, 6.45) is 4.81. The zero-order valence-electron chi connectivity index (χ0n) is 26.3. The van der Waals surface area contributed by atoms with E-state index in [1.54, 1.807) is 6.07 Å². The lowest BCUT2D eigenvalue weighted by Gasteiger charge is -2.35. The summed E-state index contributed by atoms with van der Waals surface area (Å²) in [5.74, 6) is -0.322. The number of rotatable bonds is 5. The largest absolute Gasteiger partial charge is 0.472 e. The van der Waals surface area contributed by atoms with Gasteiger partial charge in [0.15, 0.2) is 18.2 Å². The molecule has 11 heteroatoms. The van der Waals surface area contributed by atoms with E-state index in [2.05, 4.69) is 11.1 Å². The van der Waals surface area contributed by atoms with Gasteiger partial charge in [-0.3, -0.25) is 4.90 Å². The molecule has 2 aromatic heterocycles. The summed E-state index contributed by atoms with van der Waals surface area (Å²) in [5, 5.41) is 10.1. The molecule has 2 bridgehead atoms. The average molecular weight is 642 g/mol. The van der Waals surface area contributed by atoms with E-state index < -0.39 is 17.5 Å². The third kappa shape index (κ3) is 6.06. The van der Waals surface area contributed by atoms with E-state index in [0.717, 1.165) is 36.8 Å². The van der Waals surface area contributed by atoms with E-state index in [0.29, 0.717) is 17.5 Å². The highest BCUT2D eigenvalue weighted by Crippen LogP contribution is 2.42. The van der Waals surface area contributed by atoms with Crippen molar-refractivity contribution in [3.63, 3.8) is 0 Å². The number of hydrogen-bond donors (Lipinski definition) is 1. The summed E-state index contributed by atoms with van der Waals surface area (Å²) in [5.41, 5.74) is 3.11.